The van der Waals surface area contributed by atoms with Crippen molar-refractivity contribution in [3.05, 3.63) is 29.6 Å². The van der Waals surface area contributed by atoms with Crippen LogP contribution < -0.4 is 0 Å². The molecule has 7 heteroatoms. The lowest BCUT2D eigenvalue weighted by Gasteiger charge is -2.29. The van der Waals surface area contributed by atoms with Crippen LogP contribution in [0.15, 0.2) is 18.2 Å². The second-order valence-corrected chi connectivity index (χ2v) is 4.80. The predicted molar refractivity (Wildman–Crippen MR) is 70.5 cm³/mol. The molecule has 0 bridgehead atoms. The first kappa shape index (κ1) is 15.2. The number of carboxylic acid groups (broad SMARTS) is 1. The van der Waals surface area contributed by atoms with Crippen LogP contribution >= 0.6 is 0 Å². The van der Waals surface area contributed by atoms with Crippen LogP contribution in [-0.4, -0.2) is 52.8 Å². The molecule has 0 aromatic heterocycles. The molecule has 2 unspecified atom stereocenters. The Morgan fingerprint density at radius 2 is 2.14 bits per heavy atom. The van der Waals surface area contributed by atoms with Gasteiger partial charge in [-0.3, -0.25) is 9.59 Å². The molecule has 114 valence electrons. The summed E-state index contributed by atoms with van der Waals surface area (Å²) < 4.78 is 18.1. The number of hydrogen-bond donors (Lipinski definition) is 2. The third kappa shape index (κ3) is 2.97. The fraction of sp³-hybridized carbons (Fsp3) is 0.429. The monoisotopic (exact) mass is 297 g/mol. The van der Waals surface area contributed by atoms with E-state index in [9.17, 15) is 19.1 Å². The fourth-order valence-electron chi connectivity index (χ4n) is 2.46. The van der Waals surface area contributed by atoms with E-state index in [1.54, 1.807) is 6.92 Å². The average Bonchev–Trinajstić information content (AvgIpc) is 2.88. The van der Waals surface area contributed by atoms with E-state index < -0.39 is 35.4 Å². The highest BCUT2D eigenvalue weighted by Crippen LogP contribution is 2.25. The second-order valence-electron chi connectivity index (χ2n) is 4.80. The third-order valence-corrected chi connectivity index (χ3v) is 3.56. The number of carbonyl (C=O) groups is 2. The number of carbonyl (C=O) groups excluding carboxylic acids is 1. The highest BCUT2D eigenvalue weighted by molar-refractivity contribution is 5.97. The number of benzene rings is 1. The van der Waals surface area contributed by atoms with Gasteiger partial charge in [-0.05, 0) is 19.1 Å². The Bertz CT molecular complexity index is 562. The van der Waals surface area contributed by atoms with Crippen LogP contribution in [-0.2, 0) is 9.53 Å². The number of carboxylic acids is 1. The largest absolute Gasteiger partial charge is 0.507 e. The molecule has 0 saturated carbocycles. The maximum absolute atomic E-state index is 13.0. The van der Waals surface area contributed by atoms with Gasteiger partial charge in [0.1, 0.15) is 17.5 Å². The topological polar surface area (TPSA) is 87.1 Å². The van der Waals surface area contributed by atoms with Gasteiger partial charge in [0.05, 0.1) is 24.8 Å². The lowest BCUT2D eigenvalue weighted by molar-refractivity contribution is -0.142. The molecule has 1 saturated heterocycles. The Kier molecular flexibility index (Phi) is 4.42. The predicted octanol–water partition coefficient (Wildman–Crippen LogP) is 1.09. The van der Waals surface area contributed by atoms with Crippen LogP contribution in [0.4, 0.5) is 4.39 Å². The molecule has 1 aliphatic heterocycles. The van der Waals surface area contributed by atoms with Crippen molar-refractivity contribution >= 4 is 11.9 Å². The van der Waals surface area contributed by atoms with Crippen LogP contribution in [0.3, 0.4) is 0 Å². The molecule has 1 aromatic carbocycles. The van der Waals surface area contributed by atoms with Crippen LogP contribution in [0, 0.1) is 11.7 Å². The van der Waals surface area contributed by atoms with Crippen LogP contribution in [0.2, 0.25) is 0 Å². The van der Waals surface area contributed by atoms with Crippen molar-refractivity contribution in [1.29, 1.82) is 0 Å². The smallest absolute Gasteiger partial charge is 0.311 e. The van der Waals surface area contributed by atoms with Crippen molar-refractivity contribution in [2.45, 2.75) is 13.0 Å². The molecule has 1 heterocycles. The van der Waals surface area contributed by atoms with Gasteiger partial charge in [0.25, 0.3) is 5.91 Å². The minimum atomic E-state index is -1.04. The maximum atomic E-state index is 13.0. The van der Waals surface area contributed by atoms with E-state index in [1.807, 2.05) is 0 Å². The van der Waals surface area contributed by atoms with Crippen LogP contribution in [0.1, 0.15) is 17.3 Å². The number of amides is 1. The lowest BCUT2D eigenvalue weighted by Crippen LogP contribution is -2.46. The van der Waals surface area contributed by atoms with Crippen LogP contribution in [0.25, 0.3) is 0 Å². The van der Waals surface area contributed by atoms with Crippen molar-refractivity contribution in [3.63, 3.8) is 0 Å². The van der Waals surface area contributed by atoms with Gasteiger partial charge in [0.2, 0.25) is 0 Å². The number of aromatic hydroxyl groups is 1. The number of halogens is 1. The van der Waals surface area contributed by atoms with Gasteiger partial charge in [-0.25, -0.2) is 4.39 Å². The molecule has 1 aromatic rings. The third-order valence-electron chi connectivity index (χ3n) is 3.56. The summed E-state index contributed by atoms with van der Waals surface area (Å²) in [6, 6.07) is 2.49. The number of phenolic OH excluding ortho intramolecular Hbond substituents is 1. The van der Waals surface area contributed by atoms with Crippen molar-refractivity contribution in [2.24, 2.45) is 5.92 Å². The average molecular weight is 297 g/mol. The molecule has 0 aliphatic carbocycles. The Morgan fingerprint density at radius 1 is 1.43 bits per heavy atom. The van der Waals surface area contributed by atoms with Crippen molar-refractivity contribution < 1.29 is 28.9 Å². The van der Waals surface area contributed by atoms with Gasteiger partial charge >= 0.3 is 5.97 Å². The van der Waals surface area contributed by atoms with E-state index in [-0.39, 0.29) is 25.3 Å². The van der Waals surface area contributed by atoms with Crippen molar-refractivity contribution in [1.82, 2.24) is 4.90 Å². The molecule has 2 N–H and O–H groups in total. The summed E-state index contributed by atoms with van der Waals surface area (Å²) in [7, 11) is 0. The molecule has 0 radical (unpaired) electrons. The fourth-order valence-corrected chi connectivity index (χ4v) is 2.46. The number of ether oxygens (including phenoxy) is 1. The minimum Gasteiger partial charge on any atom is -0.507 e. The highest BCUT2D eigenvalue weighted by atomic mass is 19.1. The van der Waals surface area contributed by atoms with Gasteiger partial charge in [-0.2, -0.15) is 0 Å². The zero-order valence-electron chi connectivity index (χ0n) is 11.5. The molecule has 6 nitrogen and oxygen atoms in total. The summed E-state index contributed by atoms with van der Waals surface area (Å²) in [4.78, 5) is 25.0. The molecule has 21 heavy (non-hydrogen) atoms. The zero-order chi connectivity index (χ0) is 15.6. The van der Waals surface area contributed by atoms with Gasteiger partial charge in [-0.1, -0.05) is 0 Å². The molecular weight excluding hydrogens is 281 g/mol. The minimum absolute atomic E-state index is 0.0409. The Hall–Kier alpha value is -2.15. The standard InChI is InChI=1S/C14H16FNO5/c1-2-16(11-7-21-6-10(11)14(19)20)13(18)9-4-3-8(15)5-12(9)17/h3-5,10-11,17H,2,6-7H2,1H3,(H,19,20). The summed E-state index contributed by atoms with van der Waals surface area (Å²) >= 11 is 0. The first-order valence-electron chi connectivity index (χ1n) is 6.55. The number of rotatable bonds is 4. The molecule has 1 amide bonds. The summed E-state index contributed by atoms with van der Waals surface area (Å²) in [6.07, 6.45) is 0. The van der Waals surface area contributed by atoms with Crippen LogP contribution in [0.5, 0.6) is 5.75 Å². The Labute approximate surface area is 120 Å². The zero-order valence-corrected chi connectivity index (χ0v) is 11.5. The maximum Gasteiger partial charge on any atom is 0.311 e. The summed E-state index contributed by atoms with van der Waals surface area (Å²) in [6.45, 7) is 2.13. The van der Waals surface area contributed by atoms with Crippen molar-refractivity contribution in [3.8, 4) is 5.75 Å². The second kappa shape index (κ2) is 6.09. The quantitative estimate of drug-likeness (QED) is 0.869. The van der Waals surface area contributed by atoms with E-state index in [2.05, 4.69) is 0 Å². The Balaban J connectivity index is 2.28. The SMILES string of the molecule is CCN(C(=O)c1ccc(F)cc1O)C1COCC1C(=O)O. The lowest BCUT2D eigenvalue weighted by atomic mass is 10.0. The normalized spacial score (nSPS) is 21.2. The molecule has 1 aliphatic rings. The van der Waals surface area contributed by atoms with E-state index in [1.165, 1.54) is 11.0 Å². The van der Waals surface area contributed by atoms with E-state index >= 15 is 0 Å². The molecule has 2 atom stereocenters. The summed E-state index contributed by atoms with van der Waals surface area (Å²) in [5, 5.41) is 18.8. The number of likely N-dealkylation sites (N-methyl/N-ethyl adjacent to an activating group) is 1. The first-order chi connectivity index (χ1) is 9.95. The van der Waals surface area contributed by atoms with Gasteiger partial charge in [0, 0.05) is 12.6 Å². The molecule has 2 rings (SSSR count). The summed E-state index contributed by atoms with van der Waals surface area (Å²) in [5.41, 5.74) is -0.0608. The van der Waals surface area contributed by atoms with Gasteiger partial charge in [0.15, 0.2) is 0 Å². The van der Waals surface area contributed by atoms with E-state index in [4.69, 9.17) is 9.84 Å². The number of nitrogens with zero attached hydrogens (tertiary/aromatic N) is 1. The van der Waals surface area contributed by atoms with Gasteiger partial charge in [-0.15, -0.1) is 0 Å². The van der Waals surface area contributed by atoms with E-state index in [0.29, 0.717) is 0 Å². The number of aliphatic carboxylic acids is 1. The van der Waals surface area contributed by atoms with Crippen molar-refractivity contribution in [2.75, 3.05) is 19.8 Å². The molecular formula is C14H16FNO5. The molecule has 0 spiro atoms. The first-order valence-corrected chi connectivity index (χ1v) is 6.55. The molecule has 1 fully saturated rings. The number of phenols is 1. The summed E-state index contributed by atoms with van der Waals surface area (Å²) in [5.74, 6) is -3.51. The highest BCUT2D eigenvalue weighted by Gasteiger charge is 2.40. The Morgan fingerprint density at radius 3 is 2.71 bits per heavy atom. The van der Waals surface area contributed by atoms with E-state index in [0.717, 1.165) is 12.1 Å². The van der Waals surface area contributed by atoms with Gasteiger partial charge < -0.3 is 19.8 Å². The number of hydrogen-bond acceptors (Lipinski definition) is 4.